The van der Waals surface area contributed by atoms with E-state index in [1.807, 2.05) is 0 Å². The number of nitro benzene ring substituents is 1. The molecule has 1 aromatic rings. The third-order valence-electron chi connectivity index (χ3n) is 5.58. The van der Waals surface area contributed by atoms with E-state index in [0.717, 1.165) is 25.7 Å². The molecule has 3 rings (SSSR count). The van der Waals surface area contributed by atoms with Crippen molar-refractivity contribution in [2.75, 3.05) is 7.05 Å². The number of esters is 1. The molecular formula is C20H25N3O5. The van der Waals surface area contributed by atoms with Crippen molar-refractivity contribution >= 4 is 17.7 Å². The van der Waals surface area contributed by atoms with E-state index in [4.69, 9.17) is 4.74 Å². The predicted molar refractivity (Wildman–Crippen MR) is 102 cm³/mol. The molecule has 8 heteroatoms. The lowest BCUT2D eigenvalue weighted by Gasteiger charge is -2.34. The second kappa shape index (κ2) is 8.00. The van der Waals surface area contributed by atoms with Gasteiger partial charge >= 0.3 is 12.0 Å². The number of urea groups is 1. The van der Waals surface area contributed by atoms with Gasteiger partial charge < -0.3 is 15.0 Å². The van der Waals surface area contributed by atoms with E-state index in [9.17, 15) is 19.7 Å². The van der Waals surface area contributed by atoms with E-state index in [1.54, 1.807) is 32.2 Å². The molecule has 1 aliphatic heterocycles. The number of para-hydroxylation sites is 1. The Morgan fingerprint density at radius 2 is 2.04 bits per heavy atom. The summed E-state index contributed by atoms with van der Waals surface area (Å²) >= 11 is 0. The number of carbonyl (C=O) groups is 2. The molecular weight excluding hydrogens is 362 g/mol. The molecule has 1 heterocycles. The highest BCUT2D eigenvalue weighted by atomic mass is 16.6. The number of ether oxygens (including phenoxy) is 1. The third-order valence-corrected chi connectivity index (χ3v) is 5.58. The molecule has 1 N–H and O–H groups in total. The van der Waals surface area contributed by atoms with Gasteiger partial charge in [0, 0.05) is 18.8 Å². The van der Waals surface area contributed by atoms with Gasteiger partial charge in [0.2, 0.25) is 0 Å². The standard InChI is InChI=1S/C20H25N3O5/c1-12-7-6-8-14(11-12)28-19(24)17-13(2)22(3)20(25)21-18(17)15-9-4-5-10-16(15)23(26)27/h4-5,9-10,12,14,18H,6-8,11H2,1-3H3,(H,21,25)/t12-,14+,18-/m1/s1. The maximum atomic E-state index is 13.1. The molecule has 1 saturated carbocycles. The second-order valence-corrected chi connectivity index (χ2v) is 7.56. The van der Waals surface area contributed by atoms with Gasteiger partial charge in [0.15, 0.2) is 0 Å². The van der Waals surface area contributed by atoms with Crippen molar-refractivity contribution in [2.45, 2.75) is 51.7 Å². The van der Waals surface area contributed by atoms with Crippen LogP contribution in [-0.4, -0.2) is 35.0 Å². The average molecular weight is 387 g/mol. The number of rotatable bonds is 4. The molecule has 2 aliphatic rings. The number of nitro groups is 1. The van der Waals surface area contributed by atoms with Crippen molar-refractivity contribution in [3.8, 4) is 0 Å². The Labute approximate surface area is 163 Å². The minimum absolute atomic E-state index is 0.151. The highest BCUT2D eigenvalue weighted by Crippen LogP contribution is 2.36. The highest BCUT2D eigenvalue weighted by molar-refractivity contribution is 5.95. The van der Waals surface area contributed by atoms with Crippen molar-refractivity contribution in [1.82, 2.24) is 10.2 Å². The Bertz CT molecular complexity index is 835. The van der Waals surface area contributed by atoms with Gasteiger partial charge in [0.1, 0.15) is 6.10 Å². The molecule has 3 atom stereocenters. The lowest BCUT2D eigenvalue weighted by molar-refractivity contribution is -0.385. The van der Waals surface area contributed by atoms with Crippen LogP contribution in [0, 0.1) is 16.0 Å². The van der Waals surface area contributed by atoms with Gasteiger partial charge in [-0.05, 0) is 38.2 Å². The Morgan fingerprint density at radius 1 is 1.32 bits per heavy atom. The van der Waals surface area contributed by atoms with Crippen LogP contribution in [0.15, 0.2) is 35.5 Å². The zero-order chi connectivity index (χ0) is 20.4. The molecule has 28 heavy (non-hydrogen) atoms. The van der Waals surface area contributed by atoms with E-state index in [1.165, 1.54) is 11.0 Å². The SMILES string of the molecule is CC1=C(C(=O)O[C@H]2CCC[C@@H](C)C2)[C@@H](c2ccccc2[N+](=O)[O-])NC(=O)N1C. The first-order chi connectivity index (χ1) is 13.3. The number of hydrogen-bond acceptors (Lipinski definition) is 5. The van der Waals surface area contributed by atoms with Crippen molar-refractivity contribution in [1.29, 1.82) is 0 Å². The number of benzene rings is 1. The molecule has 8 nitrogen and oxygen atoms in total. The van der Waals surface area contributed by atoms with E-state index >= 15 is 0 Å². The summed E-state index contributed by atoms with van der Waals surface area (Å²) in [6.07, 6.45) is 3.55. The van der Waals surface area contributed by atoms with Gasteiger partial charge in [-0.3, -0.25) is 10.1 Å². The lowest BCUT2D eigenvalue weighted by Crippen LogP contribution is -2.46. The fourth-order valence-corrected chi connectivity index (χ4v) is 3.93. The lowest BCUT2D eigenvalue weighted by atomic mass is 9.88. The van der Waals surface area contributed by atoms with Crippen molar-refractivity contribution in [3.63, 3.8) is 0 Å². The maximum absolute atomic E-state index is 13.1. The summed E-state index contributed by atoms with van der Waals surface area (Å²) in [7, 11) is 1.55. The minimum atomic E-state index is -0.932. The monoisotopic (exact) mass is 387 g/mol. The first-order valence-electron chi connectivity index (χ1n) is 9.48. The van der Waals surface area contributed by atoms with Crippen LogP contribution in [0.1, 0.15) is 51.1 Å². The van der Waals surface area contributed by atoms with Crippen LogP contribution in [0.2, 0.25) is 0 Å². The third kappa shape index (κ3) is 3.85. The molecule has 0 spiro atoms. The van der Waals surface area contributed by atoms with Gasteiger partial charge in [-0.1, -0.05) is 25.5 Å². The fraction of sp³-hybridized carbons (Fsp3) is 0.500. The topological polar surface area (TPSA) is 102 Å². The van der Waals surface area contributed by atoms with Gasteiger partial charge in [0.25, 0.3) is 5.69 Å². The van der Waals surface area contributed by atoms with Crippen LogP contribution < -0.4 is 5.32 Å². The van der Waals surface area contributed by atoms with Gasteiger partial charge in [-0.15, -0.1) is 0 Å². The molecule has 1 fully saturated rings. The van der Waals surface area contributed by atoms with Crippen LogP contribution in [0.5, 0.6) is 0 Å². The Hall–Kier alpha value is -2.90. The molecule has 0 radical (unpaired) electrons. The Balaban J connectivity index is 1.98. The summed E-state index contributed by atoms with van der Waals surface area (Å²) in [5.41, 5.74) is 0.773. The van der Waals surface area contributed by atoms with Gasteiger partial charge in [-0.25, -0.2) is 9.59 Å². The molecule has 1 aliphatic carbocycles. The van der Waals surface area contributed by atoms with Crippen LogP contribution >= 0.6 is 0 Å². The predicted octanol–water partition coefficient (Wildman–Crippen LogP) is 3.69. The zero-order valence-corrected chi connectivity index (χ0v) is 16.3. The Morgan fingerprint density at radius 3 is 2.71 bits per heavy atom. The molecule has 0 unspecified atom stereocenters. The molecule has 0 saturated heterocycles. The quantitative estimate of drug-likeness (QED) is 0.482. The number of allylic oxidation sites excluding steroid dienone is 1. The summed E-state index contributed by atoms with van der Waals surface area (Å²) in [5, 5.41) is 14.2. The first-order valence-corrected chi connectivity index (χ1v) is 9.48. The van der Waals surface area contributed by atoms with Crippen molar-refractivity contribution in [2.24, 2.45) is 5.92 Å². The van der Waals surface area contributed by atoms with Crippen molar-refractivity contribution in [3.05, 3.63) is 51.2 Å². The smallest absolute Gasteiger partial charge is 0.338 e. The summed E-state index contributed by atoms with van der Waals surface area (Å²) in [4.78, 5) is 37.7. The average Bonchev–Trinajstić information content (AvgIpc) is 2.65. The second-order valence-electron chi connectivity index (χ2n) is 7.56. The molecule has 0 aromatic heterocycles. The van der Waals surface area contributed by atoms with Crippen LogP contribution in [-0.2, 0) is 9.53 Å². The summed E-state index contributed by atoms with van der Waals surface area (Å²) in [6, 6.07) is 4.75. The number of nitrogens with one attached hydrogen (secondary N) is 1. The van der Waals surface area contributed by atoms with E-state index in [0.29, 0.717) is 11.6 Å². The number of hydrogen-bond donors (Lipinski definition) is 1. The van der Waals surface area contributed by atoms with Crippen LogP contribution in [0.3, 0.4) is 0 Å². The Kier molecular flexibility index (Phi) is 5.67. The minimum Gasteiger partial charge on any atom is -0.459 e. The number of amides is 2. The summed E-state index contributed by atoms with van der Waals surface area (Å²) < 4.78 is 5.76. The number of carbonyl (C=O) groups excluding carboxylic acids is 2. The molecule has 150 valence electrons. The number of nitrogens with zero attached hydrogens (tertiary/aromatic N) is 2. The molecule has 2 amide bonds. The fourth-order valence-electron chi connectivity index (χ4n) is 3.93. The summed E-state index contributed by atoms with van der Waals surface area (Å²) in [5.74, 6) is -0.0482. The van der Waals surface area contributed by atoms with Crippen LogP contribution in [0.4, 0.5) is 10.5 Å². The molecule has 1 aromatic carbocycles. The zero-order valence-electron chi connectivity index (χ0n) is 16.3. The van der Waals surface area contributed by atoms with Gasteiger partial charge in [-0.2, -0.15) is 0 Å². The van der Waals surface area contributed by atoms with Crippen LogP contribution in [0.25, 0.3) is 0 Å². The van der Waals surface area contributed by atoms with E-state index < -0.39 is 23.0 Å². The first kappa shape index (κ1) is 19.9. The summed E-state index contributed by atoms with van der Waals surface area (Å²) in [6.45, 7) is 3.79. The maximum Gasteiger partial charge on any atom is 0.338 e. The van der Waals surface area contributed by atoms with Gasteiger partial charge in [0.05, 0.1) is 22.1 Å². The van der Waals surface area contributed by atoms with E-state index in [2.05, 4.69) is 12.2 Å². The largest absolute Gasteiger partial charge is 0.459 e. The van der Waals surface area contributed by atoms with Crippen molar-refractivity contribution < 1.29 is 19.2 Å². The highest BCUT2D eigenvalue weighted by Gasteiger charge is 2.39. The normalized spacial score (nSPS) is 25.3. The molecule has 0 bridgehead atoms. The van der Waals surface area contributed by atoms with E-state index in [-0.39, 0.29) is 22.9 Å².